The largest absolute Gasteiger partial charge is 0.311 e. The van der Waals surface area contributed by atoms with Gasteiger partial charge in [-0.3, -0.25) is 0 Å². The predicted octanol–water partition coefficient (Wildman–Crippen LogP) is 5.07. The SMILES string of the molecule is CCNC(CCC(C)(C)C)C1=CCCCCCC1. The van der Waals surface area contributed by atoms with Gasteiger partial charge in [0.1, 0.15) is 0 Å². The summed E-state index contributed by atoms with van der Waals surface area (Å²) < 4.78 is 0. The minimum atomic E-state index is 0.454. The molecule has 0 aromatic carbocycles. The van der Waals surface area contributed by atoms with E-state index in [1.165, 1.54) is 51.4 Å². The van der Waals surface area contributed by atoms with Crippen LogP contribution >= 0.6 is 0 Å². The molecular weight excluding hydrogens is 218 g/mol. The zero-order valence-electron chi connectivity index (χ0n) is 13.0. The van der Waals surface area contributed by atoms with Crippen LogP contribution in [0.3, 0.4) is 0 Å². The Balaban J connectivity index is 2.57. The van der Waals surface area contributed by atoms with Gasteiger partial charge in [0.2, 0.25) is 0 Å². The maximum Gasteiger partial charge on any atom is 0.0279 e. The van der Waals surface area contributed by atoms with Gasteiger partial charge in [0.25, 0.3) is 0 Å². The van der Waals surface area contributed by atoms with Gasteiger partial charge in [-0.15, -0.1) is 0 Å². The van der Waals surface area contributed by atoms with Crippen LogP contribution in [0.1, 0.15) is 79.1 Å². The van der Waals surface area contributed by atoms with Crippen LogP contribution in [0.4, 0.5) is 0 Å². The van der Waals surface area contributed by atoms with E-state index in [-0.39, 0.29) is 0 Å². The molecule has 1 N–H and O–H groups in total. The summed E-state index contributed by atoms with van der Waals surface area (Å²) in [4.78, 5) is 0. The Morgan fingerprint density at radius 3 is 2.56 bits per heavy atom. The Morgan fingerprint density at radius 2 is 1.89 bits per heavy atom. The van der Waals surface area contributed by atoms with Crippen LogP contribution in [0.15, 0.2) is 11.6 Å². The molecule has 0 saturated heterocycles. The first-order chi connectivity index (χ1) is 8.53. The summed E-state index contributed by atoms with van der Waals surface area (Å²) >= 11 is 0. The molecule has 1 atom stereocenters. The lowest BCUT2D eigenvalue weighted by atomic mass is 9.85. The second-order valence-corrected chi connectivity index (χ2v) is 6.94. The van der Waals surface area contributed by atoms with Crippen LogP contribution in [0.25, 0.3) is 0 Å². The number of rotatable bonds is 5. The zero-order valence-corrected chi connectivity index (χ0v) is 13.0. The standard InChI is InChI=1S/C17H33N/c1-5-18-16(13-14-17(2,3)4)15-11-9-7-6-8-10-12-15/h11,16,18H,5-10,12-14H2,1-4H3. The molecule has 0 bridgehead atoms. The Morgan fingerprint density at radius 1 is 1.17 bits per heavy atom. The van der Waals surface area contributed by atoms with Crippen LogP contribution in [-0.4, -0.2) is 12.6 Å². The fraction of sp³-hybridized carbons (Fsp3) is 0.882. The minimum absolute atomic E-state index is 0.454. The molecular formula is C17H33N. The third-order valence-corrected chi connectivity index (χ3v) is 3.91. The van der Waals surface area contributed by atoms with Gasteiger partial charge in [-0.25, -0.2) is 0 Å². The second-order valence-electron chi connectivity index (χ2n) is 6.94. The van der Waals surface area contributed by atoms with Crippen molar-refractivity contribution in [1.29, 1.82) is 0 Å². The highest BCUT2D eigenvalue weighted by atomic mass is 14.9. The molecule has 1 aliphatic carbocycles. The number of hydrogen-bond acceptors (Lipinski definition) is 1. The Labute approximate surface area is 114 Å². The van der Waals surface area contributed by atoms with Crippen LogP contribution in [0, 0.1) is 5.41 Å². The van der Waals surface area contributed by atoms with Gasteiger partial charge in [-0.1, -0.05) is 52.2 Å². The topological polar surface area (TPSA) is 12.0 Å². The molecule has 1 nitrogen and oxygen atoms in total. The third-order valence-electron chi connectivity index (χ3n) is 3.91. The maximum atomic E-state index is 3.70. The van der Waals surface area contributed by atoms with Crippen LogP contribution < -0.4 is 5.32 Å². The molecule has 106 valence electrons. The van der Waals surface area contributed by atoms with Gasteiger partial charge in [0.15, 0.2) is 0 Å². The monoisotopic (exact) mass is 251 g/mol. The lowest BCUT2D eigenvalue weighted by Gasteiger charge is -2.27. The van der Waals surface area contributed by atoms with E-state index >= 15 is 0 Å². The van der Waals surface area contributed by atoms with E-state index in [9.17, 15) is 0 Å². The Kier molecular flexibility index (Phi) is 6.99. The number of likely N-dealkylation sites (N-methyl/N-ethyl adjacent to an activating group) is 1. The molecule has 0 saturated carbocycles. The smallest absolute Gasteiger partial charge is 0.0279 e. The van der Waals surface area contributed by atoms with E-state index in [4.69, 9.17) is 0 Å². The van der Waals surface area contributed by atoms with Crippen molar-refractivity contribution in [2.75, 3.05) is 6.54 Å². The first kappa shape index (κ1) is 15.8. The van der Waals surface area contributed by atoms with E-state index in [1.807, 2.05) is 0 Å². The van der Waals surface area contributed by atoms with Crippen molar-refractivity contribution in [3.8, 4) is 0 Å². The average molecular weight is 251 g/mol. The normalized spacial score (nSPS) is 19.9. The molecule has 1 heteroatoms. The van der Waals surface area contributed by atoms with Gasteiger partial charge < -0.3 is 5.32 Å². The highest BCUT2D eigenvalue weighted by Crippen LogP contribution is 2.26. The summed E-state index contributed by atoms with van der Waals surface area (Å²) in [5.74, 6) is 0. The molecule has 1 aliphatic rings. The third kappa shape index (κ3) is 6.58. The molecule has 18 heavy (non-hydrogen) atoms. The quantitative estimate of drug-likeness (QED) is 0.673. The van der Waals surface area contributed by atoms with Gasteiger partial charge >= 0.3 is 0 Å². The van der Waals surface area contributed by atoms with Gasteiger partial charge in [-0.05, 0) is 50.5 Å². The molecule has 0 aromatic rings. The average Bonchev–Trinajstić information content (AvgIpc) is 2.23. The van der Waals surface area contributed by atoms with Crippen molar-refractivity contribution in [2.45, 2.75) is 85.1 Å². The molecule has 1 rings (SSSR count). The molecule has 0 fully saturated rings. The summed E-state index contributed by atoms with van der Waals surface area (Å²) in [6.07, 6.45) is 13.4. The predicted molar refractivity (Wildman–Crippen MR) is 81.9 cm³/mol. The summed E-state index contributed by atoms with van der Waals surface area (Å²) in [6.45, 7) is 10.4. The fourth-order valence-electron chi connectivity index (χ4n) is 2.78. The van der Waals surface area contributed by atoms with E-state index < -0.39 is 0 Å². The summed E-state index contributed by atoms with van der Waals surface area (Å²) in [5, 5.41) is 3.70. The van der Waals surface area contributed by atoms with E-state index in [1.54, 1.807) is 5.57 Å². The Bertz CT molecular complexity index is 247. The number of allylic oxidation sites excluding steroid dienone is 1. The van der Waals surface area contributed by atoms with Crippen molar-refractivity contribution in [2.24, 2.45) is 5.41 Å². The summed E-state index contributed by atoms with van der Waals surface area (Å²) in [6, 6.07) is 0.632. The Hall–Kier alpha value is -0.300. The first-order valence-corrected chi connectivity index (χ1v) is 7.95. The maximum absolute atomic E-state index is 3.70. The lowest BCUT2D eigenvalue weighted by Crippen LogP contribution is -2.32. The minimum Gasteiger partial charge on any atom is -0.311 e. The molecule has 0 aliphatic heterocycles. The molecule has 0 amide bonds. The molecule has 0 radical (unpaired) electrons. The highest BCUT2D eigenvalue weighted by molar-refractivity contribution is 5.11. The van der Waals surface area contributed by atoms with Gasteiger partial charge in [0, 0.05) is 6.04 Å². The summed E-state index contributed by atoms with van der Waals surface area (Å²) in [7, 11) is 0. The first-order valence-electron chi connectivity index (χ1n) is 7.95. The van der Waals surface area contributed by atoms with E-state index in [0.717, 1.165) is 6.54 Å². The molecule has 1 unspecified atom stereocenters. The van der Waals surface area contributed by atoms with Crippen molar-refractivity contribution < 1.29 is 0 Å². The molecule has 0 aromatic heterocycles. The van der Waals surface area contributed by atoms with Crippen LogP contribution in [0.2, 0.25) is 0 Å². The van der Waals surface area contributed by atoms with E-state index in [2.05, 4.69) is 39.1 Å². The zero-order chi connectivity index (χ0) is 13.4. The number of hydrogen-bond donors (Lipinski definition) is 1. The van der Waals surface area contributed by atoms with E-state index in [0.29, 0.717) is 11.5 Å². The van der Waals surface area contributed by atoms with Crippen LogP contribution in [-0.2, 0) is 0 Å². The lowest BCUT2D eigenvalue weighted by molar-refractivity contribution is 0.340. The molecule has 0 heterocycles. The fourth-order valence-corrected chi connectivity index (χ4v) is 2.78. The van der Waals surface area contributed by atoms with Gasteiger partial charge in [0.05, 0.1) is 0 Å². The number of nitrogens with one attached hydrogen (secondary N) is 1. The van der Waals surface area contributed by atoms with Crippen molar-refractivity contribution in [3.63, 3.8) is 0 Å². The highest BCUT2D eigenvalue weighted by Gasteiger charge is 2.18. The summed E-state index contributed by atoms with van der Waals surface area (Å²) in [5.41, 5.74) is 2.15. The van der Waals surface area contributed by atoms with Crippen LogP contribution in [0.5, 0.6) is 0 Å². The van der Waals surface area contributed by atoms with Crippen molar-refractivity contribution in [1.82, 2.24) is 5.32 Å². The second kappa shape index (κ2) is 7.99. The van der Waals surface area contributed by atoms with Crippen molar-refractivity contribution in [3.05, 3.63) is 11.6 Å². The van der Waals surface area contributed by atoms with Gasteiger partial charge in [-0.2, -0.15) is 0 Å². The molecule has 0 spiro atoms. The van der Waals surface area contributed by atoms with Crippen molar-refractivity contribution >= 4 is 0 Å².